The van der Waals surface area contributed by atoms with E-state index in [2.05, 4.69) is 20.9 Å². The lowest BCUT2D eigenvalue weighted by molar-refractivity contribution is 0.0327. The maximum absolute atomic E-state index is 5.50. The van der Waals surface area contributed by atoms with E-state index in [0.717, 1.165) is 64.7 Å². The highest BCUT2D eigenvalue weighted by molar-refractivity contribution is 5.47. The van der Waals surface area contributed by atoms with Crippen LogP contribution in [0.15, 0.2) is 18.3 Å². The van der Waals surface area contributed by atoms with Crippen LogP contribution in [0.4, 0.5) is 5.82 Å². The van der Waals surface area contributed by atoms with Crippen LogP contribution in [0, 0.1) is 0 Å². The summed E-state index contributed by atoms with van der Waals surface area (Å²) in [6.45, 7) is 6.55. The maximum atomic E-state index is 5.50. The summed E-state index contributed by atoms with van der Waals surface area (Å²) in [5.41, 5.74) is 1.33. The van der Waals surface area contributed by atoms with Crippen molar-refractivity contribution in [2.45, 2.75) is 25.4 Å². The summed E-state index contributed by atoms with van der Waals surface area (Å²) in [6, 6.07) is 4.90. The van der Waals surface area contributed by atoms with Gasteiger partial charge in [0, 0.05) is 64.3 Å². The Labute approximate surface area is 126 Å². The number of methoxy groups -OCH3 is 1. The lowest BCUT2D eigenvalue weighted by atomic mass is 10.1. The van der Waals surface area contributed by atoms with Crippen molar-refractivity contribution >= 4 is 5.82 Å². The second-order valence-electron chi connectivity index (χ2n) is 5.78. The maximum Gasteiger partial charge on any atom is 0.133 e. The van der Waals surface area contributed by atoms with Crippen LogP contribution in [0.2, 0.25) is 0 Å². The van der Waals surface area contributed by atoms with Crippen LogP contribution in [-0.2, 0) is 16.0 Å². The smallest absolute Gasteiger partial charge is 0.133 e. The van der Waals surface area contributed by atoms with Crippen LogP contribution in [0.5, 0.6) is 0 Å². The van der Waals surface area contributed by atoms with Gasteiger partial charge in [0.2, 0.25) is 0 Å². The van der Waals surface area contributed by atoms with Gasteiger partial charge in [0.15, 0.2) is 0 Å². The topological polar surface area (TPSA) is 37.8 Å². The van der Waals surface area contributed by atoms with Gasteiger partial charge in [-0.05, 0) is 18.9 Å². The number of pyridine rings is 1. The summed E-state index contributed by atoms with van der Waals surface area (Å²) < 4.78 is 10.7. The van der Waals surface area contributed by atoms with E-state index in [9.17, 15) is 0 Å². The summed E-state index contributed by atoms with van der Waals surface area (Å²) in [6.07, 6.45) is 4.18. The molecule has 0 N–H and O–H groups in total. The van der Waals surface area contributed by atoms with Gasteiger partial charge in [0.1, 0.15) is 5.82 Å². The largest absolute Gasteiger partial charge is 0.383 e. The normalized spacial score (nSPS) is 21.1. The van der Waals surface area contributed by atoms with E-state index in [0.29, 0.717) is 6.04 Å². The first-order valence-corrected chi connectivity index (χ1v) is 7.88. The third-order valence-corrected chi connectivity index (χ3v) is 4.47. The van der Waals surface area contributed by atoms with Crippen LogP contribution in [0.3, 0.4) is 0 Å². The fourth-order valence-corrected chi connectivity index (χ4v) is 3.27. The number of anilines is 1. The van der Waals surface area contributed by atoms with Gasteiger partial charge >= 0.3 is 0 Å². The first-order chi connectivity index (χ1) is 10.4. The van der Waals surface area contributed by atoms with Crippen LogP contribution in [0.25, 0.3) is 0 Å². The minimum absolute atomic E-state index is 0.647. The first kappa shape index (κ1) is 14.8. The van der Waals surface area contributed by atoms with Crippen molar-refractivity contribution in [2.24, 2.45) is 0 Å². The zero-order valence-electron chi connectivity index (χ0n) is 12.8. The standard InChI is InChI=1S/C16H25N3O2/c1-20-12-9-18-7-8-19(15-4-10-21-11-5-15)13-14-3-2-6-17-16(14)18/h2-3,6,15H,4-5,7-13H2,1H3. The zero-order chi connectivity index (χ0) is 14.5. The van der Waals surface area contributed by atoms with E-state index < -0.39 is 0 Å². The highest BCUT2D eigenvalue weighted by atomic mass is 16.5. The second-order valence-corrected chi connectivity index (χ2v) is 5.78. The number of nitrogens with zero attached hydrogens (tertiary/aromatic N) is 3. The van der Waals surface area contributed by atoms with Crippen molar-refractivity contribution < 1.29 is 9.47 Å². The molecule has 1 aromatic rings. The second kappa shape index (κ2) is 7.20. The van der Waals surface area contributed by atoms with Crippen molar-refractivity contribution in [2.75, 3.05) is 51.5 Å². The molecule has 0 spiro atoms. The molecule has 0 amide bonds. The van der Waals surface area contributed by atoms with Gasteiger partial charge in [-0.1, -0.05) is 6.07 Å². The van der Waals surface area contributed by atoms with Gasteiger partial charge in [-0.2, -0.15) is 0 Å². The Balaban J connectivity index is 1.76. The monoisotopic (exact) mass is 291 g/mol. The van der Waals surface area contributed by atoms with Crippen molar-refractivity contribution in [3.05, 3.63) is 23.9 Å². The molecule has 1 saturated heterocycles. The molecule has 3 rings (SSSR count). The lowest BCUT2D eigenvalue weighted by Gasteiger charge is -2.33. The molecule has 0 aliphatic carbocycles. The van der Waals surface area contributed by atoms with Gasteiger partial charge in [-0.15, -0.1) is 0 Å². The van der Waals surface area contributed by atoms with Gasteiger partial charge in [0.25, 0.3) is 0 Å². The van der Waals surface area contributed by atoms with E-state index in [4.69, 9.17) is 9.47 Å². The average molecular weight is 291 g/mol. The Morgan fingerprint density at radius 2 is 2.19 bits per heavy atom. The zero-order valence-corrected chi connectivity index (χ0v) is 12.8. The molecule has 2 aliphatic rings. The van der Waals surface area contributed by atoms with E-state index in [1.807, 2.05) is 12.3 Å². The molecule has 0 radical (unpaired) electrons. The Morgan fingerprint density at radius 3 is 3.00 bits per heavy atom. The summed E-state index contributed by atoms with van der Waals surface area (Å²) in [5.74, 6) is 1.13. The number of hydrogen-bond donors (Lipinski definition) is 0. The molecule has 0 aromatic carbocycles. The molecule has 2 aliphatic heterocycles. The first-order valence-electron chi connectivity index (χ1n) is 7.88. The number of aromatic nitrogens is 1. The molecule has 21 heavy (non-hydrogen) atoms. The summed E-state index contributed by atoms with van der Waals surface area (Å²) in [7, 11) is 1.76. The van der Waals surface area contributed by atoms with Gasteiger partial charge in [0.05, 0.1) is 6.61 Å². The molecule has 0 bridgehead atoms. The molecule has 0 unspecified atom stereocenters. The number of ether oxygens (including phenoxy) is 2. The Hall–Kier alpha value is -1.17. The predicted octanol–water partition coefficient (Wildman–Crippen LogP) is 1.53. The van der Waals surface area contributed by atoms with Gasteiger partial charge in [-0.25, -0.2) is 4.98 Å². The summed E-state index contributed by atoms with van der Waals surface area (Å²) in [4.78, 5) is 9.58. The fraction of sp³-hybridized carbons (Fsp3) is 0.688. The molecule has 0 saturated carbocycles. The third kappa shape index (κ3) is 3.54. The van der Waals surface area contributed by atoms with Crippen molar-refractivity contribution in [3.8, 4) is 0 Å². The molecule has 3 heterocycles. The quantitative estimate of drug-likeness (QED) is 0.841. The van der Waals surface area contributed by atoms with E-state index in [1.54, 1.807) is 7.11 Å². The average Bonchev–Trinajstić information content (AvgIpc) is 2.73. The Bertz CT molecular complexity index is 449. The van der Waals surface area contributed by atoms with Gasteiger partial charge < -0.3 is 14.4 Å². The van der Waals surface area contributed by atoms with E-state index in [1.165, 1.54) is 5.56 Å². The third-order valence-electron chi connectivity index (χ3n) is 4.47. The SMILES string of the molecule is COCCN1CCN(C2CCOCC2)Cc2cccnc21. The highest BCUT2D eigenvalue weighted by Gasteiger charge is 2.26. The fourth-order valence-electron chi connectivity index (χ4n) is 3.27. The molecule has 1 fully saturated rings. The number of fused-ring (bicyclic) bond motifs is 1. The minimum Gasteiger partial charge on any atom is -0.383 e. The lowest BCUT2D eigenvalue weighted by Crippen LogP contribution is -2.41. The van der Waals surface area contributed by atoms with Crippen molar-refractivity contribution in [1.82, 2.24) is 9.88 Å². The molecular weight excluding hydrogens is 266 g/mol. The molecule has 1 aromatic heterocycles. The highest BCUT2D eigenvalue weighted by Crippen LogP contribution is 2.25. The van der Waals surface area contributed by atoms with Crippen LogP contribution >= 0.6 is 0 Å². The number of hydrogen-bond acceptors (Lipinski definition) is 5. The van der Waals surface area contributed by atoms with Crippen molar-refractivity contribution in [1.29, 1.82) is 0 Å². The summed E-state index contributed by atoms with van der Waals surface area (Å²) in [5, 5.41) is 0. The molecule has 5 nitrogen and oxygen atoms in total. The van der Waals surface area contributed by atoms with Gasteiger partial charge in [-0.3, -0.25) is 4.90 Å². The van der Waals surface area contributed by atoms with Crippen LogP contribution in [-0.4, -0.2) is 62.5 Å². The molecule has 116 valence electrons. The minimum atomic E-state index is 0.647. The molecule has 5 heteroatoms. The number of rotatable bonds is 4. The van der Waals surface area contributed by atoms with E-state index >= 15 is 0 Å². The van der Waals surface area contributed by atoms with Crippen molar-refractivity contribution in [3.63, 3.8) is 0 Å². The molecular formula is C16H25N3O2. The van der Waals surface area contributed by atoms with E-state index in [-0.39, 0.29) is 0 Å². The van der Waals surface area contributed by atoms with Crippen LogP contribution < -0.4 is 4.90 Å². The Kier molecular flexibility index (Phi) is 5.06. The van der Waals surface area contributed by atoms with Crippen LogP contribution in [0.1, 0.15) is 18.4 Å². The summed E-state index contributed by atoms with van der Waals surface area (Å²) >= 11 is 0. The predicted molar refractivity (Wildman–Crippen MR) is 82.6 cm³/mol. The Morgan fingerprint density at radius 1 is 1.33 bits per heavy atom. The molecule has 0 atom stereocenters.